The number of urea groups is 1. The van der Waals surface area contributed by atoms with Gasteiger partial charge < -0.3 is 14.8 Å². The maximum absolute atomic E-state index is 13.2. The number of carbonyl (C=O) groups excluding carboxylic acids is 1. The zero-order valence-electron chi connectivity index (χ0n) is 16.9. The predicted octanol–water partition coefficient (Wildman–Crippen LogP) is 5.51. The van der Waals surface area contributed by atoms with Crippen molar-refractivity contribution in [2.75, 3.05) is 11.9 Å². The van der Waals surface area contributed by atoms with E-state index < -0.39 is 0 Å². The summed E-state index contributed by atoms with van der Waals surface area (Å²) < 4.78 is 15.2. The van der Waals surface area contributed by atoms with Crippen LogP contribution < -0.4 is 5.32 Å². The largest absolute Gasteiger partial charge is 0.345 e. The molecule has 0 radical (unpaired) electrons. The fourth-order valence-electron chi connectivity index (χ4n) is 3.19. The van der Waals surface area contributed by atoms with Gasteiger partial charge in [-0.2, -0.15) is 0 Å². The molecule has 0 aliphatic rings. The zero-order chi connectivity index (χ0) is 20.8. The van der Waals surface area contributed by atoms with E-state index in [1.165, 1.54) is 12.1 Å². The molecular weight excluding hydrogens is 365 g/mol. The van der Waals surface area contributed by atoms with Gasteiger partial charge >= 0.3 is 6.03 Å². The molecule has 0 aliphatic heterocycles. The Morgan fingerprint density at radius 2 is 1.90 bits per heavy atom. The molecule has 150 valence electrons. The lowest BCUT2D eigenvalue weighted by Gasteiger charge is -2.23. The van der Waals surface area contributed by atoms with Crippen molar-refractivity contribution < 1.29 is 9.18 Å². The SMILES string of the molecule is C=CCN(Cc1cccn1Cc1ccc(F)cc1)C(=O)Nc1cccc(C)c1C. The molecule has 0 saturated carbocycles. The van der Waals surface area contributed by atoms with Crippen LogP contribution in [0.15, 0.2) is 73.4 Å². The number of nitrogens with one attached hydrogen (secondary N) is 1. The summed E-state index contributed by atoms with van der Waals surface area (Å²) in [4.78, 5) is 14.6. The molecule has 1 heterocycles. The van der Waals surface area contributed by atoms with Crippen LogP contribution in [0.1, 0.15) is 22.4 Å². The number of hydrogen-bond donors (Lipinski definition) is 1. The highest BCUT2D eigenvalue weighted by molar-refractivity contribution is 5.90. The van der Waals surface area contributed by atoms with E-state index in [1.807, 2.05) is 50.4 Å². The number of amides is 2. The lowest BCUT2D eigenvalue weighted by atomic mass is 10.1. The number of carbonyl (C=O) groups is 1. The van der Waals surface area contributed by atoms with Gasteiger partial charge in [-0.3, -0.25) is 0 Å². The number of aromatic nitrogens is 1. The first-order valence-electron chi connectivity index (χ1n) is 9.59. The van der Waals surface area contributed by atoms with Crippen molar-refractivity contribution in [3.05, 3.63) is 102 Å². The average Bonchev–Trinajstić information content (AvgIpc) is 3.13. The van der Waals surface area contributed by atoms with Crippen LogP contribution in [-0.4, -0.2) is 22.0 Å². The van der Waals surface area contributed by atoms with E-state index in [1.54, 1.807) is 23.1 Å². The number of nitrogens with zero attached hydrogens (tertiary/aromatic N) is 2. The monoisotopic (exact) mass is 391 g/mol. The van der Waals surface area contributed by atoms with Gasteiger partial charge in [-0.05, 0) is 60.9 Å². The van der Waals surface area contributed by atoms with Gasteiger partial charge in [0.2, 0.25) is 0 Å². The normalized spacial score (nSPS) is 10.6. The van der Waals surface area contributed by atoms with Gasteiger partial charge in [0.1, 0.15) is 5.82 Å². The Balaban J connectivity index is 1.74. The fraction of sp³-hybridized carbons (Fsp3) is 0.208. The van der Waals surface area contributed by atoms with Gasteiger partial charge in [0.15, 0.2) is 0 Å². The van der Waals surface area contributed by atoms with Crippen molar-refractivity contribution in [1.29, 1.82) is 0 Å². The van der Waals surface area contributed by atoms with Crippen molar-refractivity contribution in [3.8, 4) is 0 Å². The van der Waals surface area contributed by atoms with Crippen LogP contribution in [0.5, 0.6) is 0 Å². The molecule has 3 rings (SSSR count). The molecule has 29 heavy (non-hydrogen) atoms. The quantitative estimate of drug-likeness (QED) is 0.530. The van der Waals surface area contributed by atoms with Crippen LogP contribution in [0.4, 0.5) is 14.9 Å². The molecule has 5 heteroatoms. The zero-order valence-corrected chi connectivity index (χ0v) is 16.9. The van der Waals surface area contributed by atoms with E-state index >= 15 is 0 Å². The Labute approximate surface area is 171 Å². The molecule has 0 aliphatic carbocycles. The van der Waals surface area contributed by atoms with Crippen LogP contribution >= 0.6 is 0 Å². The first-order valence-corrected chi connectivity index (χ1v) is 9.59. The smallest absolute Gasteiger partial charge is 0.322 e. The summed E-state index contributed by atoms with van der Waals surface area (Å²) in [6.07, 6.45) is 3.68. The second-order valence-corrected chi connectivity index (χ2v) is 7.10. The number of hydrogen-bond acceptors (Lipinski definition) is 1. The molecule has 0 unspecified atom stereocenters. The molecule has 0 fully saturated rings. The molecule has 2 aromatic carbocycles. The number of anilines is 1. The maximum Gasteiger partial charge on any atom is 0.322 e. The molecule has 2 amide bonds. The third-order valence-corrected chi connectivity index (χ3v) is 5.03. The van der Waals surface area contributed by atoms with Crippen molar-refractivity contribution in [2.45, 2.75) is 26.9 Å². The van der Waals surface area contributed by atoms with E-state index in [-0.39, 0.29) is 11.8 Å². The minimum atomic E-state index is -0.248. The van der Waals surface area contributed by atoms with E-state index in [4.69, 9.17) is 0 Å². The Morgan fingerprint density at radius 1 is 1.14 bits per heavy atom. The Morgan fingerprint density at radius 3 is 2.62 bits per heavy atom. The van der Waals surface area contributed by atoms with Crippen LogP contribution in [0.25, 0.3) is 0 Å². The van der Waals surface area contributed by atoms with Gasteiger partial charge in [0, 0.05) is 30.7 Å². The third kappa shape index (κ3) is 5.13. The number of rotatable bonds is 7. The summed E-state index contributed by atoms with van der Waals surface area (Å²) in [5.74, 6) is -0.248. The van der Waals surface area contributed by atoms with E-state index in [0.717, 1.165) is 28.1 Å². The minimum absolute atomic E-state index is 0.173. The van der Waals surface area contributed by atoms with Crippen LogP contribution in [0, 0.1) is 19.7 Å². The van der Waals surface area contributed by atoms with Crippen LogP contribution in [0.2, 0.25) is 0 Å². The highest BCUT2D eigenvalue weighted by Crippen LogP contribution is 2.19. The third-order valence-electron chi connectivity index (χ3n) is 5.03. The number of benzene rings is 2. The van der Waals surface area contributed by atoms with Crippen LogP contribution in [0.3, 0.4) is 0 Å². The predicted molar refractivity (Wildman–Crippen MR) is 115 cm³/mol. The maximum atomic E-state index is 13.2. The lowest BCUT2D eigenvalue weighted by molar-refractivity contribution is 0.214. The molecule has 3 aromatic rings. The van der Waals surface area contributed by atoms with Crippen LogP contribution in [-0.2, 0) is 13.1 Å². The Hall–Kier alpha value is -3.34. The first-order chi connectivity index (χ1) is 14.0. The van der Waals surface area contributed by atoms with Gasteiger partial charge in [0.25, 0.3) is 0 Å². The summed E-state index contributed by atoms with van der Waals surface area (Å²) in [5, 5.41) is 3.01. The highest BCUT2D eigenvalue weighted by Gasteiger charge is 2.16. The van der Waals surface area contributed by atoms with E-state index in [2.05, 4.69) is 16.5 Å². The summed E-state index contributed by atoms with van der Waals surface area (Å²) in [7, 11) is 0. The molecular formula is C24H26FN3O. The summed E-state index contributed by atoms with van der Waals surface area (Å²) >= 11 is 0. The highest BCUT2D eigenvalue weighted by atomic mass is 19.1. The lowest BCUT2D eigenvalue weighted by Crippen LogP contribution is -2.35. The van der Waals surface area contributed by atoms with Crippen molar-refractivity contribution in [3.63, 3.8) is 0 Å². The molecule has 4 nitrogen and oxygen atoms in total. The van der Waals surface area contributed by atoms with Gasteiger partial charge in [-0.1, -0.05) is 30.3 Å². The Bertz CT molecular complexity index is 992. The molecule has 1 aromatic heterocycles. The average molecular weight is 391 g/mol. The van der Waals surface area contributed by atoms with E-state index in [9.17, 15) is 9.18 Å². The van der Waals surface area contributed by atoms with Crippen molar-refractivity contribution >= 4 is 11.7 Å². The summed E-state index contributed by atoms with van der Waals surface area (Å²) in [5.41, 5.74) is 4.99. The first kappa shape index (κ1) is 20.4. The van der Waals surface area contributed by atoms with Crippen molar-refractivity contribution in [2.24, 2.45) is 0 Å². The van der Waals surface area contributed by atoms with E-state index in [0.29, 0.717) is 19.6 Å². The van der Waals surface area contributed by atoms with Gasteiger partial charge in [-0.25, -0.2) is 9.18 Å². The topological polar surface area (TPSA) is 37.3 Å². The molecule has 0 atom stereocenters. The second-order valence-electron chi connectivity index (χ2n) is 7.10. The molecule has 1 N–H and O–H groups in total. The van der Waals surface area contributed by atoms with Gasteiger partial charge in [0.05, 0.1) is 6.54 Å². The number of halogens is 1. The Kier molecular flexibility index (Phi) is 6.50. The molecule has 0 bridgehead atoms. The second kappa shape index (κ2) is 9.24. The minimum Gasteiger partial charge on any atom is -0.345 e. The molecule has 0 saturated heterocycles. The molecule has 0 spiro atoms. The fourth-order valence-corrected chi connectivity index (χ4v) is 3.19. The standard InChI is InChI=1S/C24H26FN3O/c1-4-14-28(24(29)26-23-9-5-7-18(2)19(23)3)17-22-8-6-15-27(22)16-20-10-12-21(25)13-11-20/h4-13,15H,1,14,16-17H2,2-3H3,(H,26,29). The summed E-state index contributed by atoms with van der Waals surface area (Å²) in [6, 6.07) is 16.1. The van der Waals surface area contributed by atoms with Gasteiger partial charge in [-0.15, -0.1) is 6.58 Å². The van der Waals surface area contributed by atoms with Crippen molar-refractivity contribution in [1.82, 2.24) is 9.47 Å². The number of aryl methyl sites for hydroxylation is 1. The summed E-state index contributed by atoms with van der Waals surface area (Å²) in [6.45, 7) is 9.29.